The number of likely N-dealkylation sites (N-methyl/N-ethyl adjacent to an activating group) is 1. The Hall–Kier alpha value is -3.10. The average molecular weight is 532 g/mol. The predicted octanol–water partition coefficient (Wildman–Crippen LogP) is 3.00. The predicted molar refractivity (Wildman–Crippen MR) is 153 cm³/mol. The molecule has 11 nitrogen and oxygen atoms in total. The molecule has 0 saturated carbocycles. The molecule has 0 spiro atoms. The monoisotopic (exact) mass is 531 g/mol. The maximum Gasteiger partial charge on any atom is 0.163 e. The second-order valence-electron chi connectivity index (χ2n) is 7.78. The summed E-state index contributed by atoms with van der Waals surface area (Å²) in [6, 6.07) is 11.2. The molecule has 194 valence electrons. The Morgan fingerprint density at radius 2 is 1.92 bits per heavy atom. The number of pyridine rings is 1. The second kappa shape index (κ2) is 14.5. The fourth-order valence-electron chi connectivity index (χ4n) is 3.15. The Labute approximate surface area is 222 Å². The maximum atomic E-state index is 9.06. The van der Waals surface area contributed by atoms with E-state index in [0.29, 0.717) is 36.8 Å². The number of nitrogens with two attached hydrogens (primary N) is 1. The van der Waals surface area contributed by atoms with Crippen LogP contribution in [0.15, 0.2) is 48.8 Å². The van der Waals surface area contributed by atoms with Crippen LogP contribution in [-0.4, -0.2) is 71.0 Å². The number of rotatable bonds is 13. The summed E-state index contributed by atoms with van der Waals surface area (Å²) in [6.45, 7) is 3.62. The van der Waals surface area contributed by atoms with Crippen molar-refractivity contribution in [2.24, 2.45) is 0 Å². The molecule has 0 atom stereocenters. The SMILES string of the molecule is CC(=N)c1c(N)nc(-c2ccc(NOSN(C)c3cccnc3)cc2)nc1NCCN(C)CCO.S. The first kappa shape index (κ1) is 29.1. The zero-order valence-corrected chi connectivity index (χ0v) is 22.3. The normalized spacial score (nSPS) is 10.6. The third-order valence-electron chi connectivity index (χ3n) is 5.04. The van der Waals surface area contributed by atoms with Crippen LogP contribution in [0.3, 0.4) is 0 Å². The summed E-state index contributed by atoms with van der Waals surface area (Å²) in [5, 5.41) is 20.4. The quantitative estimate of drug-likeness (QED) is 0.0959. The second-order valence-corrected chi connectivity index (χ2v) is 8.64. The summed E-state index contributed by atoms with van der Waals surface area (Å²) >= 11 is 1.14. The number of anilines is 4. The highest BCUT2D eigenvalue weighted by Gasteiger charge is 2.15. The summed E-state index contributed by atoms with van der Waals surface area (Å²) in [5.74, 6) is 1.21. The molecule has 0 bridgehead atoms. The molecular formula is C23H33N9O2S2. The number of aromatic nitrogens is 3. The van der Waals surface area contributed by atoms with Gasteiger partial charge in [-0.15, -0.1) is 0 Å². The average Bonchev–Trinajstić information content (AvgIpc) is 2.84. The molecule has 13 heteroatoms. The van der Waals surface area contributed by atoms with Gasteiger partial charge >= 0.3 is 0 Å². The third-order valence-corrected chi connectivity index (χ3v) is 5.63. The van der Waals surface area contributed by atoms with Crippen molar-refractivity contribution in [1.82, 2.24) is 19.9 Å². The molecular weight excluding hydrogens is 498 g/mol. The highest BCUT2D eigenvalue weighted by Crippen LogP contribution is 2.26. The number of hydrogen-bond acceptors (Lipinski definition) is 12. The number of benzene rings is 1. The molecule has 0 amide bonds. The molecule has 3 rings (SSSR count). The Bertz CT molecular complexity index is 1100. The van der Waals surface area contributed by atoms with E-state index in [1.807, 2.05) is 59.7 Å². The van der Waals surface area contributed by atoms with Crippen molar-refractivity contribution in [1.29, 1.82) is 5.41 Å². The fraction of sp³-hybridized carbons (Fsp3) is 0.304. The lowest BCUT2D eigenvalue weighted by Crippen LogP contribution is -2.28. The van der Waals surface area contributed by atoms with Gasteiger partial charge < -0.3 is 26.5 Å². The lowest BCUT2D eigenvalue weighted by Gasteiger charge is -2.18. The van der Waals surface area contributed by atoms with Crippen molar-refractivity contribution in [2.75, 3.05) is 61.2 Å². The lowest BCUT2D eigenvalue weighted by molar-refractivity contribution is 0.225. The van der Waals surface area contributed by atoms with E-state index < -0.39 is 0 Å². The number of nitrogens with one attached hydrogen (secondary N) is 3. The van der Waals surface area contributed by atoms with E-state index in [9.17, 15) is 0 Å². The minimum atomic E-state index is 0. The molecule has 2 aromatic heterocycles. The van der Waals surface area contributed by atoms with Crippen LogP contribution in [0.1, 0.15) is 12.5 Å². The summed E-state index contributed by atoms with van der Waals surface area (Å²) < 4.78 is 7.34. The molecule has 0 aliphatic carbocycles. The number of nitrogen functional groups attached to an aromatic ring is 1. The van der Waals surface area contributed by atoms with E-state index in [-0.39, 0.29) is 31.6 Å². The van der Waals surface area contributed by atoms with Crippen molar-refractivity contribution < 1.29 is 9.39 Å². The summed E-state index contributed by atoms with van der Waals surface area (Å²) in [6.07, 6.45) is 3.47. The van der Waals surface area contributed by atoms with E-state index in [4.69, 9.17) is 20.5 Å². The van der Waals surface area contributed by atoms with Crippen molar-refractivity contribution in [3.8, 4) is 11.4 Å². The van der Waals surface area contributed by atoms with Gasteiger partial charge in [-0.3, -0.25) is 14.8 Å². The van der Waals surface area contributed by atoms with Gasteiger partial charge in [0.15, 0.2) is 5.82 Å². The van der Waals surface area contributed by atoms with Crippen LogP contribution >= 0.6 is 25.7 Å². The molecule has 0 saturated heterocycles. The van der Waals surface area contributed by atoms with Gasteiger partial charge in [0.2, 0.25) is 0 Å². The summed E-state index contributed by atoms with van der Waals surface area (Å²) in [4.78, 5) is 15.1. The fourth-order valence-corrected chi connectivity index (χ4v) is 3.58. The molecule has 0 fully saturated rings. The molecule has 36 heavy (non-hydrogen) atoms. The van der Waals surface area contributed by atoms with Gasteiger partial charge in [0, 0.05) is 44.2 Å². The topological polar surface area (TPSA) is 149 Å². The molecule has 6 N–H and O–H groups in total. The van der Waals surface area contributed by atoms with E-state index in [0.717, 1.165) is 29.2 Å². The largest absolute Gasteiger partial charge is 0.395 e. The van der Waals surface area contributed by atoms with Gasteiger partial charge in [-0.25, -0.2) is 9.97 Å². The number of nitrogens with zero attached hydrogens (tertiary/aromatic N) is 5. The van der Waals surface area contributed by atoms with E-state index in [1.165, 1.54) is 0 Å². The highest BCUT2D eigenvalue weighted by atomic mass is 32.2. The Balaban J connectivity index is 0.00000456. The standard InChI is InChI=1S/C23H31N9O2S.H2S/c1-16(24)20-21(25)28-22(29-23(20)27-11-12-31(2)13-14-33)17-6-8-18(9-7-17)30-34-35-32(3)19-5-4-10-26-15-19;/h4-10,15,24,30,33H,11-14H2,1-3H3,(H3,25,27,28,29);1H2. The van der Waals surface area contributed by atoms with Crippen LogP contribution < -0.4 is 20.8 Å². The van der Waals surface area contributed by atoms with Crippen LogP contribution in [0.2, 0.25) is 0 Å². The zero-order valence-electron chi connectivity index (χ0n) is 20.5. The maximum absolute atomic E-state index is 9.06. The Kier molecular flexibility index (Phi) is 11.7. The molecule has 2 heterocycles. The number of hydrogen-bond donors (Lipinski definition) is 5. The molecule has 3 aromatic rings. The molecule has 0 aliphatic rings. The number of aliphatic hydroxyl groups is 1. The van der Waals surface area contributed by atoms with Gasteiger partial charge in [-0.05, 0) is 50.4 Å². The van der Waals surface area contributed by atoms with Gasteiger partial charge in [-0.1, -0.05) is 0 Å². The highest BCUT2D eigenvalue weighted by molar-refractivity contribution is 7.96. The van der Waals surface area contributed by atoms with Crippen molar-refractivity contribution >= 4 is 54.4 Å². The first-order chi connectivity index (χ1) is 16.9. The minimum Gasteiger partial charge on any atom is -0.395 e. The van der Waals surface area contributed by atoms with Gasteiger partial charge in [0.05, 0.1) is 29.7 Å². The Morgan fingerprint density at radius 3 is 2.56 bits per heavy atom. The van der Waals surface area contributed by atoms with E-state index in [2.05, 4.69) is 25.7 Å². The van der Waals surface area contributed by atoms with Crippen molar-refractivity contribution in [2.45, 2.75) is 6.92 Å². The van der Waals surface area contributed by atoms with Gasteiger partial charge in [-0.2, -0.15) is 17.8 Å². The van der Waals surface area contributed by atoms with Crippen molar-refractivity contribution in [3.05, 3.63) is 54.4 Å². The van der Waals surface area contributed by atoms with Gasteiger partial charge in [0.1, 0.15) is 23.9 Å². The first-order valence-corrected chi connectivity index (χ1v) is 11.7. The van der Waals surface area contributed by atoms with Gasteiger partial charge in [0.25, 0.3) is 0 Å². The molecule has 0 radical (unpaired) electrons. The van der Waals surface area contributed by atoms with Crippen LogP contribution in [-0.2, 0) is 4.28 Å². The molecule has 0 aliphatic heterocycles. The minimum absolute atomic E-state index is 0. The summed E-state index contributed by atoms with van der Waals surface area (Å²) in [7, 11) is 3.80. The summed E-state index contributed by atoms with van der Waals surface area (Å²) in [5.41, 5.74) is 12.3. The number of aliphatic hydroxyl groups excluding tert-OH is 1. The van der Waals surface area contributed by atoms with Crippen LogP contribution in [0.4, 0.5) is 23.0 Å². The van der Waals surface area contributed by atoms with Crippen LogP contribution in [0.5, 0.6) is 0 Å². The lowest BCUT2D eigenvalue weighted by atomic mass is 10.1. The smallest absolute Gasteiger partial charge is 0.163 e. The van der Waals surface area contributed by atoms with E-state index >= 15 is 0 Å². The first-order valence-electron chi connectivity index (χ1n) is 11.0. The van der Waals surface area contributed by atoms with Crippen LogP contribution in [0, 0.1) is 5.41 Å². The van der Waals surface area contributed by atoms with Crippen LogP contribution in [0.25, 0.3) is 11.4 Å². The van der Waals surface area contributed by atoms with E-state index in [1.54, 1.807) is 19.3 Å². The third kappa shape index (κ3) is 8.24. The molecule has 1 aromatic carbocycles. The molecule has 0 unspecified atom stereocenters. The van der Waals surface area contributed by atoms with Crippen molar-refractivity contribution in [3.63, 3.8) is 0 Å². The zero-order chi connectivity index (χ0) is 25.2. The Morgan fingerprint density at radius 1 is 1.17 bits per heavy atom.